The lowest BCUT2D eigenvalue weighted by atomic mass is 9.71. The number of nitrogens with one attached hydrogen (secondary N) is 2. The standard InChI is InChI=1S/C15H21BrN2O/c1-17-11-2-4-14(19)18-15(9-3-10-15)12-5-7-13(16)8-6-12/h5-8,17H,2-4,9-11H2,1H3,(H,18,19). The van der Waals surface area contributed by atoms with E-state index in [1.54, 1.807) is 0 Å². The molecule has 1 aromatic rings. The highest BCUT2D eigenvalue weighted by Crippen LogP contribution is 2.41. The molecule has 2 rings (SSSR count). The van der Waals surface area contributed by atoms with Crippen molar-refractivity contribution in [3.05, 3.63) is 34.3 Å². The largest absolute Gasteiger partial charge is 0.347 e. The molecule has 0 bridgehead atoms. The number of hydrogen-bond acceptors (Lipinski definition) is 2. The normalized spacial score (nSPS) is 16.7. The van der Waals surface area contributed by atoms with Crippen LogP contribution in [0.5, 0.6) is 0 Å². The summed E-state index contributed by atoms with van der Waals surface area (Å²) in [6.45, 7) is 0.888. The average Bonchev–Trinajstić information content (AvgIpc) is 2.35. The third-order valence-corrected chi connectivity index (χ3v) is 4.34. The van der Waals surface area contributed by atoms with Gasteiger partial charge in [-0.05, 0) is 57.0 Å². The first-order valence-electron chi connectivity index (χ1n) is 6.88. The van der Waals surface area contributed by atoms with Gasteiger partial charge in [0.2, 0.25) is 5.91 Å². The predicted octanol–water partition coefficient (Wildman–Crippen LogP) is 2.94. The molecule has 4 heteroatoms. The van der Waals surface area contributed by atoms with Crippen LogP contribution in [0.3, 0.4) is 0 Å². The van der Waals surface area contributed by atoms with Gasteiger partial charge in [-0.2, -0.15) is 0 Å². The van der Waals surface area contributed by atoms with Gasteiger partial charge in [0.15, 0.2) is 0 Å². The summed E-state index contributed by atoms with van der Waals surface area (Å²) in [5.41, 5.74) is 1.11. The summed E-state index contributed by atoms with van der Waals surface area (Å²) in [6, 6.07) is 8.30. The van der Waals surface area contributed by atoms with E-state index in [0.717, 1.165) is 30.3 Å². The Morgan fingerprint density at radius 1 is 1.32 bits per heavy atom. The Kier molecular flexibility index (Phi) is 4.99. The van der Waals surface area contributed by atoms with E-state index in [-0.39, 0.29) is 11.4 Å². The van der Waals surface area contributed by atoms with Gasteiger partial charge in [-0.3, -0.25) is 4.79 Å². The van der Waals surface area contributed by atoms with Gasteiger partial charge in [-0.15, -0.1) is 0 Å². The third-order valence-electron chi connectivity index (χ3n) is 3.81. The molecule has 1 aliphatic rings. The van der Waals surface area contributed by atoms with Crippen LogP contribution in [0.15, 0.2) is 28.7 Å². The molecule has 2 N–H and O–H groups in total. The first-order valence-corrected chi connectivity index (χ1v) is 7.67. The van der Waals surface area contributed by atoms with Crippen molar-refractivity contribution in [3.63, 3.8) is 0 Å². The first-order chi connectivity index (χ1) is 9.16. The summed E-state index contributed by atoms with van der Waals surface area (Å²) < 4.78 is 1.08. The Bertz CT molecular complexity index is 426. The molecule has 0 unspecified atom stereocenters. The molecule has 0 spiro atoms. The van der Waals surface area contributed by atoms with E-state index < -0.39 is 0 Å². The van der Waals surface area contributed by atoms with Crippen molar-refractivity contribution < 1.29 is 4.79 Å². The minimum Gasteiger partial charge on any atom is -0.347 e. The average molecular weight is 325 g/mol. The zero-order valence-electron chi connectivity index (χ0n) is 11.3. The fourth-order valence-electron chi connectivity index (χ4n) is 2.54. The lowest BCUT2D eigenvalue weighted by molar-refractivity contribution is -0.124. The van der Waals surface area contributed by atoms with E-state index in [9.17, 15) is 4.79 Å². The van der Waals surface area contributed by atoms with Crippen molar-refractivity contribution in [2.75, 3.05) is 13.6 Å². The zero-order chi connectivity index (χ0) is 13.7. The summed E-state index contributed by atoms with van der Waals surface area (Å²) in [4.78, 5) is 12.0. The fraction of sp³-hybridized carbons (Fsp3) is 0.533. The van der Waals surface area contributed by atoms with Gasteiger partial charge in [0, 0.05) is 10.9 Å². The molecule has 1 aromatic carbocycles. The maximum atomic E-state index is 12.0. The van der Waals surface area contributed by atoms with Crippen LogP contribution in [-0.2, 0) is 10.3 Å². The lowest BCUT2D eigenvalue weighted by Crippen LogP contribution is -2.50. The van der Waals surface area contributed by atoms with E-state index >= 15 is 0 Å². The van der Waals surface area contributed by atoms with Gasteiger partial charge in [-0.1, -0.05) is 28.1 Å². The molecule has 0 saturated heterocycles. The summed E-state index contributed by atoms with van der Waals surface area (Å²) in [7, 11) is 1.91. The lowest BCUT2D eigenvalue weighted by Gasteiger charge is -2.43. The van der Waals surface area contributed by atoms with Gasteiger partial charge in [0.25, 0.3) is 0 Å². The van der Waals surface area contributed by atoms with E-state index in [2.05, 4.69) is 38.7 Å². The number of carbonyl (C=O) groups is 1. The van der Waals surface area contributed by atoms with Crippen molar-refractivity contribution >= 4 is 21.8 Å². The van der Waals surface area contributed by atoms with Crippen molar-refractivity contribution in [2.24, 2.45) is 0 Å². The minimum atomic E-state index is -0.114. The van der Waals surface area contributed by atoms with Crippen LogP contribution in [-0.4, -0.2) is 19.5 Å². The van der Waals surface area contributed by atoms with Gasteiger partial charge < -0.3 is 10.6 Å². The highest BCUT2D eigenvalue weighted by Gasteiger charge is 2.39. The predicted molar refractivity (Wildman–Crippen MR) is 81.0 cm³/mol. The second-order valence-corrected chi connectivity index (χ2v) is 6.11. The second kappa shape index (κ2) is 6.53. The molecular weight excluding hydrogens is 304 g/mol. The van der Waals surface area contributed by atoms with Crippen LogP contribution in [0, 0.1) is 0 Å². The minimum absolute atomic E-state index is 0.114. The van der Waals surface area contributed by atoms with Gasteiger partial charge >= 0.3 is 0 Å². The van der Waals surface area contributed by atoms with E-state index in [4.69, 9.17) is 0 Å². The number of benzene rings is 1. The number of amides is 1. The molecule has 104 valence electrons. The van der Waals surface area contributed by atoms with Crippen LogP contribution in [0.1, 0.15) is 37.7 Å². The van der Waals surface area contributed by atoms with Crippen molar-refractivity contribution in [1.82, 2.24) is 10.6 Å². The van der Waals surface area contributed by atoms with Crippen molar-refractivity contribution in [3.8, 4) is 0 Å². The Balaban J connectivity index is 1.98. The molecule has 1 fully saturated rings. The Labute approximate surface area is 123 Å². The van der Waals surface area contributed by atoms with Gasteiger partial charge in [-0.25, -0.2) is 0 Å². The quantitative estimate of drug-likeness (QED) is 0.790. The fourth-order valence-corrected chi connectivity index (χ4v) is 2.80. The molecule has 3 nitrogen and oxygen atoms in total. The van der Waals surface area contributed by atoms with E-state index in [1.165, 1.54) is 12.0 Å². The van der Waals surface area contributed by atoms with Gasteiger partial charge in [0.05, 0.1) is 5.54 Å². The highest BCUT2D eigenvalue weighted by molar-refractivity contribution is 9.10. The van der Waals surface area contributed by atoms with Crippen LogP contribution in [0.2, 0.25) is 0 Å². The SMILES string of the molecule is CNCCCC(=O)NC1(c2ccc(Br)cc2)CCC1. The van der Waals surface area contributed by atoms with Gasteiger partial charge in [0.1, 0.15) is 0 Å². The number of halogens is 1. The van der Waals surface area contributed by atoms with Crippen LogP contribution in [0.25, 0.3) is 0 Å². The van der Waals surface area contributed by atoms with Crippen LogP contribution < -0.4 is 10.6 Å². The first kappa shape index (κ1) is 14.5. The molecule has 19 heavy (non-hydrogen) atoms. The van der Waals surface area contributed by atoms with E-state index in [1.807, 2.05) is 19.2 Å². The van der Waals surface area contributed by atoms with Crippen molar-refractivity contribution in [1.29, 1.82) is 0 Å². The Hall–Kier alpha value is -0.870. The maximum absolute atomic E-state index is 12.0. The second-order valence-electron chi connectivity index (χ2n) is 5.20. The smallest absolute Gasteiger partial charge is 0.220 e. The zero-order valence-corrected chi connectivity index (χ0v) is 12.9. The molecule has 1 aliphatic carbocycles. The monoisotopic (exact) mass is 324 g/mol. The van der Waals surface area contributed by atoms with Crippen molar-refractivity contribution in [2.45, 2.75) is 37.6 Å². The molecular formula is C15H21BrN2O. The molecule has 1 saturated carbocycles. The van der Waals surface area contributed by atoms with E-state index in [0.29, 0.717) is 6.42 Å². The molecule has 0 radical (unpaired) electrons. The molecule has 1 amide bonds. The maximum Gasteiger partial charge on any atom is 0.220 e. The molecule has 0 aromatic heterocycles. The summed E-state index contributed by atoms with van der Waals surface area (Å²) in [6.07, 6.45) is 4.77. The number of hydrogen-bond donors (Lipinski definition) is 2. The highest BCUT2D eigenvalue weighted by atomic mass is 79.9. The Morgan fingerprint density at radius 2 is 2.00 bits per heavy atom. The van der Waals surface area contributed by atoms with Crippen LogP contribution >= 0.6 is 15.9 Å². The summed E-state index contributed by atoms with van der Waals surface area (Å²) >= 11 is 3.45. The van der Waals surface area contributed by atoms with Crippen LogP contribution in [0.4, 0.5) is 0 Å². The number of carbonyl (C=O) groups excluding carboxylic acids is 1. The molecule has 0 atom stereocenters. The molecule has 0 aliphatic heterocycles. The Morgan fingerprint density at radius 3 is 2.53 bits per heavy atom. The molecule has 0 heterocycles. The summed E-state index contributed by atoms with van der Waals surface area (Å²) in [5, 5.41) is 6.31. The third kappa shape index (κ3) is 3.57. The number of rotatable bonds is 6. The topological polar surface area (TPSA) is 41.1 Å². The summed E-state index contributed by atoms with van der Waals surface area (Å²) in [5.74, 6) is 0.165.